The van der Waals surface area contributed by atoms with Gasteiger partial charge in [-0.2, -0.15) is 23.7 Å². The maximum absolute atomic E-state index is 16.1. The van der Waals surface area contributed by atoms with Crippen molar-refractivity contribution in [2.45, 2.75) is 6.18 Å². The minimum Gasteiger partial charge on any atom is -0.308 e. The second-order valence-electron chi connectivity index (χ2n) is 26.7. The van der Waals surface area contributed by atoms with E-state index in [1.807, 2.05) is 205 Å². The lowest BCUT2D eigenvalue weighted by atomic mass is 9.95. The van der Waals surface area contributed by atoms with Crippen molar-refractivity contribution in [3.63, 3.8) is 0 Å². The number of rotatable bonds is 11. The van der Waals surface area contributed by atoms with Gasteiger partial charge in [-0.3, -0.25) is 0 Å². The van der Waals surface area contributed by atoms with Gasteiger partial charge < -0.3 is 9.13 Å². The quantitative estimate of drug-likeness (QED) is 0.125. The molecule has 0 saturated carbocycles. The number of hydrogen-bond donors (Lipinski definition) is 0. The van der Waals surface area contributed by atoms with Gasteiger partial charge in [-0.25, -0.2) is 29.9 Å². The molecule has 15 heteroatoms. The summed E-state index contributed by atoms with van der Waals surface area (Å²) in [6.07, 6.45) is -4.75. The van der Waals surface area contributed by atoms with Crippen LogP contribution in [-0.4, -0.2) is 39.0 Å². The molecule has 0 bridgehead atoms. The van der Waals surface area contributed by atoms with Gasteiger partial charge in [0, 0.05) is 95.3 Å². The summed E-state index contributed by atoms with van der Waals surface area (Å²) in [5, 5.41) is 27.5. The molecule has 20 aromatic rings. The first-order valence-electron chi connectivity index (χ1n) is 35.0. The van der Waals surface area contributed by atoms with Gasteiger partial charge in [-0.1, -0.05) is 200 Å². The highest BCUT2D eigenvalue weighted by Gasteiger charge is 2.34. The smallest absolute Gasteiger partial charge is 0.308 e. The highest BCUT2D eigenvalue weighted by molar-refractivity contribution is 7.26. The number of hydrogen-bond acceptors (Lipinski definition) is 10. The molecule has 0 amide bonds. The second kappa shape index (κ2) is 25.4. The molecule has 10 nitrogen and oxygen atoms in total. The molecule has 0 aliphatic heterocycles. The van der Waals surface area contributed by atoms with E-state index in [0.29, 0.717) is 90.4 Å². The van der Waals surface area contributed by atoms with Crippen LogP contribution in [0.4, 0.5) is 13.2 Å². The Morgan fingerprint density at radius 1 is 0.269 bits per heavy atom. The van der Waals surface area contributed by atoms with Gasteiger partial charge in [0.2, 0.25) is 0 Å². The Balaban J connectivity index is 0.761. The van der Waals surface area contributed by atoms with Gasteiger partial charge >= 0.3 is 6.18 Å². The third-order valence-electron chi connectivity index (χ3n) is 20.3. The topological polar surface area (TPSA) is 135 Å². The molecule has 0 fully saturated rings. The summed E-state index contributed by atoms with van der Waals surface area (Å²) in [5.41, 5.74) is 13.3. The van der Waals surface area contributed by atoms with Crippen molar-refractivity contribution in [2.75, 3.05) is 0 Å². The fourth-order valence-electron chi connectivity index (χ4n) is 15.2. The van der Waals surface area contributed by atoms with E-state index in [1.165, 1.54) is 22.2 Å². The molecule has 0 atom stereocenters. The SMILES string of the molecule is N#Cc1ccc2c(c1)c1cc(C#N)ccc1n2-c1ccc(-c2ccc3c(c2)sc2ccc(-c4cc(C(F)(F)F)cc5c4c4ccccc4n5-c4ccc(-c5ccc6c(c5)sc5ccccc56)cc4-c4nc(-c5ccccc5)nc(-c5ccccc5)n4)cc23)cc1-c1nc(-c2ccccc2)nc(-c2ccccc2)n1. The number of thiophene rings is 2. The average molecular weight is 1430 g/mol. The molecular formula is C93H51F3N10S2. The third kappa shape index (κ3) is 10.8. The minimum atomic E-state index is -4.75. The van der Waals surface area contributed by atoms with E-state index in [1.54, 1.807) is 34.8 Å². The van der Waals surface area contributed by atoms with Crippen molar-refractivity contribution >= 4 is 107 Å². The lowest BCUT2D eigenvalue weighted by molar-refractivity contribution is -0.137. The predicted octanol–water partition coefficient (Wildman–Crippen LogP) is 24.8. The molecule has 20 rings (SSSR count). The van der Waals surface area contributed by atoms with Crippen LogP contribution in [0.2, 0.25) is 0 Å². The third-order valence-corrected chi connectivity index (χ3v) is 22.6. The van der Waals surface area contributed by atoms with Crippen LogP contribution in [0.5, 0.6) is 0 Å². The van der Waals surface area contributed by atoms with Crippen molar-refractivity contribution in [1.29, 1.82) is 10.5 Å². The van der Waals surface area contributed by atoms with E-state index in [0.717, 1.165) is 108 Å². The van der Waals surface area contributed by atoms with E-state index < -0.39 is 11.7 Å². The Labute approximate surface area is 622 Å². The number of nitriles is 2. The van der Waals surface area contributed by atoms with Crippen LogP contribution in [0.3, 0.4) is 0 Å². The van der Waals surface area contributed by atoms with Crippen molar-refractivity contribution in [3.8, 4) is 125 Å². The highest BCUT2D eigenvalue weighted by Crippen LogP contribution is 2.48. The van der Waals surface area contributed by atoms with E-state index >= 15 is 13.2 Å². The summed E-state index contributed by atoms with van der Waals surface area (Å²) in [7, 11) is 0. The highest BCUT2D eigenvalue weighted by atomic mass is 32.1. The fourth-order valence-corrected chi connectivity index (χ4v) is 17.5. The van der Waals surface area contributed by atoms with Crippen LogP contribution in [0, 0.1) is 22.7 Å². The first-order valence-corrected chi connectivity index (χ1v) is 36.6. The first kappa shape index (κ1) is 63.6. The Hall–Kier alpha value is -14.1. The molecule has 6 aromatic heterocycles. The zero-order valence-electron chi connectivity index (χ0n) is 56.9. The van der Waals surface area contributed by atoms with E-state index in [2.05, 4.69) is 102 Å². The number of aromatic nitrogens is 8. The molecule has 506 valence electrons. The van der Waals surface area contributed by atoms with E-state index in [-0.39, 0.29) is 0 Å². The Bertz CT molecular complexity index is 7010. The second-order valence-corrected chi connectivity index (χ2v) is 28.8. The van der Waals surface area contributed by atoms with Crippen LogP contribution < -0.4 is 0 Å². The Kier molecular flexibility index (Phi) is 14.9. The van der Waals surface area contributed by atoms with Gasteiger partial charge in [-0.05, 0) is 143 Å². The fraction of sp³-hybridized carbons (Fsp3) is 0.0108. The summed E-state index contributed by atoms with van der Waals surface area (Å²) >= 11 is 3.35. The van der Waals surface area contributed by atoms with Gasteiger partial charge in [0.25, 0.3) is 0 Å². The predicted molar refractivity (Wildman–Crippen MR) is 431 cm³/mol. The van der Waals surface area contributed by atoms with Crippen molar-refractivity contribution < 1.29 is 13.2 Å². The largest absolute Gasteiger partial charge is 0.416 e. The first-order chi connectivity index (χ1) is 53.0. The van der Waals surface area contributed by atoms with Gasteiger partial charge in [0.15, 0.2) is 34.9 Å². The Morgan fingerprint density at radius 2 is 0.657 bits per heavy atom. The standard InChI is InChI=1S/C93H51F3N10S2/c94-93(95,96)65-50-70(86-69-26-13-15-27-76(69)106(81(86)51-65)80-41-34-61(62-31-36-67-66-25-14-16-28-82(66)107-84(67)48-62)46-75(80)92-103-89(58-21-9-3-10-22-58)100-90(104-92)59-23-11-4-12-24-59)64-35-42-83-73(47-64)68-37-32-63(49-85(68)108-83)60-33-40-79(105-77-38-29-54(52-97)43-71(77)72-44-55(53-98)30-39-78(72)105)74(45-60)91-101-87(56-17-5-1-6-18-56)99-88(102-91)57-19-7-2-8-20-57/h1-51H. The molecule has 0 saturated heterocycles. The molecule has 14 aromatic carbocycles. The van der Waals surface area contributed by atoms with Crippen LogP contribution >= 0.6 is 22.7 Å². The molecular weight excluding hydrogens is 1380 g/mol. The zero-order valence-corrected chi connectivity index (χ0v) is 58.5. The summed E-state index contributed by atoms with van der Waals surface area (Å²) in [5.74, 6) is 2.64. The van der Waals surface area contributed by atoms with E-state index in [9.17, 15) is 10.5 Å². The van der Waals surface area contributed by atoms with Gasteiger partial charge in [-0.15, -0.1) is 22.7 Å². The number of nitrogens with zero attached hydrogens (tertiary/aromatic N) is 10. The normalized spacial score (nSPS) is 11.8. The molecule has 0 unspecified atom stereocenters. The average Bonchev–Trinajstić information content (AvgIpc) is 1.55. The number of halogens is 3. The van der Waals surface area contributed by atoms with Gasteiger partial charge in [0.1, 0.15) is 0 Å². The summed E-state index contributed by atoms with van der Waals surface area (Å²) in [6, 6.07) is 105. The lowest BCUT2D eigenvalue weighted by Gasteiger charge is -2.17. The molecule has 6 heterocycles. The van der Waals surface area contributed by atoms with Crippen molar-refractivity contribution in [2.24, 2.45) is 0 Å². The van der Waals surface area contributed by atoms with Gasteiger partial charge in [0.05, 0.1) is 62.3 Å². The van der Waals surface area contributed by atoms with Crippen LogP contribution in [-0.2, 0) is 6.18 Å². The Morgan fingerprint density at radius 3 is 1.15 bits per heavy atom. The number of alkyl halides is 3. The van der Waals surface area contributed by atoms with Crippen molar-refractivity contribution in [1.82, 2.24) is 39.0 Å². The van der Waals surface area contributed by atoms with Crippen molar-refractivity contribution in [3.05, 3.63) is 326 Å². The van der Waals surface area contributed by atoms with Crippen LogP contribution in [0.15, 0.2) is 309 Å². The molecule has 0 aliphatic carbocycles. The number of benzene rings is 14. The number of para-hydroxylation sites is 1. The summed E-state index contributed by atoms with van der Waals surface area (Å²) < 4.78 is 56.6. The summed E-state index contributed by atoms with van der Waals surface area (Å²) in [6.45, 7) is 0. The van der Waals surface area contributed by atoms with E-state index in [4.69, 9.17) is 29.9 Å². The maximum Gasteiger partial charge on any atom is 0.416 e. The molecule has 0 spiro atoms. The molecule has 0 N–H and O–H groups in total. The monoisotopic (exact) mass is 1430 g/mol. The van der Waals surface area contributed by atoms with Crippen LogP contribution in [0.25, 0.3) is 197 Å². The number of fused-ring (bicyclic) bond motifs is 12. The molecule has 108 heavy (non-hydrogen) atoms. The zero-order chi connectivity index (χ0) is 72.3. The lowest BCUT2D eigenvalue weighted by Crippen LogP contribution is -2.07. The molecule has 0 aliphatic rings. The molecule has 0 radical (unpaired) electrons. The van der Waals surface area contributed by atoms with Crippen LogP contribution in [0.1, 0.15) is 16.7 Å². The minimum absolute atomic E-state index is 0.348. The maximum atomic E-state index is 16.1. The summed E-state index contributed by atoms with van der Waals surface area (Å²) in [4.78, 5) is 31.2.